The minimum absolute atomic E-state index is 0. The van der Waals surface area contributed by atoms with Crippen LogP contribution in [-0.2, 0) is 0 Å². The first kappa shape index (κ1) is 27.9. The Kier molecular flexibility index (Phi) is 11.6. The molecular weight excluding hydrogens is 408 g/mol. The highest BCUT2D eigenvalue weighted by Gasteiger charge is 2.37. The quantitative estimate of drug-likeness (QED) is 0.184. The van der Waals surface area contributed by atoms with Gasteiger partial charge in [0.05, 0.1) is 0 Å². The van der Waals surface area contributed by atoms with Gasteiger partial charge in [0.1, 0.15) is 0 Å². The third kappa shape index (κ3) is 7.48. The SMILES string of the molecule is CP(C(C)(C)C)C1(CCCCP(c2ccccc2)c2ccccc2)C=CCC=C1.[B].[B]. The fourth-order valence-corrected chi connectivity index (χ4v) is 8.98. The first-order chi connectivity index (χ1) is 13.9. The molecule has 1 unspecified atom stereocenters. The Morgan fingerprint density at radius 2 is 1.26 bits per heavy atom. The van der Waals surface area contributed by atoms with Crippen LogP contribution in [0.25, 0.3) is 0 Å². The second kappa shape index (κ2) is 12.8. The Labute approximate surface area is 197 Å². The zero-order chi connectivity index (χ0) is 20.7. The standard InChI is InChI=1S/C27H36P2.2B/c1-26(2,3)28(4)27(20-12-7-13-21-27)22-14-15-23-29(24-16-8-5-9-17-24)25-18-10-6-11-19-25;;/h5-6,8-13,16-21H,7,14-15,22-23H2,1-4H3;;. The fraction of sp³-hybridized carbons (Fsp3) is 0.407. The van der Waals surface area contributed by atoms with E-state index in [1.54, 1.807) is 0 Å². The number of hydrogen-bond donors (Lipinski definition) is 0. The van der Waals surface area contributed by atoms with Gasteiger partial charge in [-0.15, -0.1) is 0 Å². The van der Waals surface area contributed by atoms with E-state index in [2.05, 4.69) is 112 Å². The van der Waals surface area contributed by atoms with Crippen molar-refractivity contribution in [2.24, 2.45) is 0 Å². The molecular formula is C27H36B2P2. The Balaban J connectivity index is 0.00000240. The zero-order valence-electron chi connectivity index (χ0n) is 19.7. The number of rotatable bonds is 8. The highest BCUT2D eigenvalue weighted by molar-refractivity contribution is 7.73. The van der Waals surface area contributed by atoms with Crippen LogP contribution in [0.2, 0.25) is 0 Å². The van der Waals surface area contributed by atoms with Crippen molar-refractivity contribution < 1.29 is 0 Å². The van der Waals surface area contributed by atoms with E-state index in [-0.39, 0.29) is 37.8 Å². The number of benzene rings is 2. The molecule has 0 aromatic heterocycles. The summed E-state index contributed by atoms with van der Waals surface area (Å²) in [7, 11) is -0.377. The Morgan fingerprint density at radius 1 is 0.774 bits per heavy atom. The van der Waals surface area contributed by atoms with E-state index < -0.39 is 0 Å². The fourth-order valence-electron chi connectivity index (χ4n) is 4.16. The van der Waals surface area contributed by atoms with Crippen LogP contribution in [0.1, 0.15) is 46.5 Å². The summed E-state index contributed by atoms with van der Waals surface area (Å²) in [5.41, 5.74) is 0. The Bertz CT molecular complexity index is 759. The van der Waals surface area contributed by atoms with Crippen molar-refractivity contribution in [3.05, 3.63) is 85.0 Å². The van der Waals surface area contributed by atoms with Gasteiger partial charge in [-0.3, -0.25) is 0 Å². The zero-order valence-corrected chi connectivity index (χ0v) is 21.5. The Hall–Kier alpha value is -1.09. The van der Waals surface area contributed by atoms with Gasteiger partial charge in [-0.25, -0.2) is 0 Å². The smallest absolute Gasteiger partial charge is 0.0264 e. The third-order valence-electron chi connectivity index (χ3n) is 6.06. The summed E-state index contributed by atoms with van der Waals surface area (Å²) in [4.78, 5) is 0. The van der Waals surface area contributed by atoms with Crippen LogP contribution >= 0.6 is 15.8 Å². The summed E-state index contributed by atoms with van der Waals surface area (Å²) in [5.74, 6) is 0. The molecule has 0 bridgehead atoms. The molecule has 4 heteroatoms. The molecule has 0 spiro atoms. The molecule has 1 atom stereocenters. The molecule has 2 aromatic rings. The summed E-state index contributed by atoms with van der Waals surface area (Å²) in [6.45, 7) is 9.76. The molecule has 0 fully saturated rings. The van der Waals surface area contributed by atoms with Crippen molar-refractivity contribution in [2.75, 3.05) is 12.8 Å². The molecule has 0 saturated heterocycles. The molecule has 3 rings (SSSR count). The van der Waals surface area contributed by atoms with Crippen molar-refractivity contribution in [3.63, 3.8) is 0 Å². The molecule has 0 saturated carbocycles. The maximum atomic E-state index is 2.54. The van der Waals surface area contributed by atoms with Crippen LogP contribution in [0.5, 0.6) is 0 Å². The van der Waals surface area contributed by atoms with Crippen LogP contribution in [0, 0.1) is 0 Å². The van der Waals surface area contributed by atoms with Crippen LogP contribution in [-0.4, -0.2) is 40.0 Å². The summed E-state index contributed by atoms with van der Waals surface area (Å²) in [6, 6.07) is 22.3. The van der Waals surface area contributed by atoms with Gasteiger partial charge < -0.3 is 0 Å². The average molecular weight is 444 g/mol. The normalized spacial score (nSPS) is 15.8. The van der Waals surface area contributed by atoms with E-state index in [0.29, 0.717) is 5.16 Å². The predicted molar refractivity (Wildman–Crippen MR) is 148 cm³/mol. The van der Waals surface area contributed by atoms with Crippen LogP contribution < -0.4 is 10.6 Å². The van der Waals surface area contributed by atoms with Gasteiger partial charge in [-0.1, -0.05) is 120 Å². The molecule has 0 heterocycles. The maximum absolute atomic E-state index is 2.54. The van der Waals surface area contributed by atoms with Crippen LogP contribution in [0.15, 0.2) is 85.0 Å². The topological polar surface area (TPSA) is 0 Å². The van der Waals surface area contributed by atoms with Gasteiger partial charge >= 0.3 is 0 Å². The maximum Gasteiger partial charge on any atom is 0.0264 e. The van der Waals surface area contributed by atoms with Crippen LogP contribution in [0.3, 0.4) is 0 Å². The molecule has 0 N–H and O–H groups in total. The molecule has 0 amide bonds. The highest BCUT2D eigenvalue weighted by Crippen LogP contribution is 2.60. The molecule has 0 aliphatic heterocycles. The van der Waals surface area contributed by atoms with Gasteiger partial charge in [0.25, 0.3) is 0 Å². The molecule has 160 valence electrons. The van der Waals surface area contributed by atoms with Crippen molar-refractivity contribution in [1.29, 1.82) is 0 Å². The third-order valence-corrected chi connectivity index (χ3v) is 12.5. The largest absolute Gasteiger partial charge is 0.0900 e. The summed E-state index contributed by atoms with van der Waals surface area (Å²) >= 11 is 0. The first-order valence-electron chi connectivity index (χ1n) is 10.9. The van der Waals surface area contributed by atoms with Gasteiger partial charge in [-0.05, 0) is 55.8 Å². The molecule has 31 heavy (non-hydrogen) atoms. The molecule has 0 nitrogen and oxygen atoms in total. The van der Waals surface area contributed by atoms with E-state index in [1.807, 2.05) is 0 Å². The second-order valence-corrected chi connectivity index (χ2v) is 14.7. The number of allylic oxidation sites excluding steroid dienone is 4. The van der Waals surface area contributed by atoms with Gasteiger partial charge in [0, 0.05) is 22.0 Å². The molecule has 2 aromatic carbocycles. The molecule has 1 aliphatic carbocycles. The van der Waals surface area contributed by atoms with E-state index >= 15 is 0 Å². The lowest BCUT2D eigenvalue weighted by Crippen LogP contribution is -2.30. The van der Waals surface area contributed by atoms with E-state index in [9.17, 15) is 0 Å². The van der Waals surface area contributed by atoms with Crippen molar-refractivity contribution in [3.8, 4) is 0 Å². The lowest BCUT2D eigenvalue weighted by atomic mass is 9.96. The van der Waals surface area contributed by atoms with E-state index in [1.165, 1.54) is 36.0 Å². The lowest BCUT2D eigenvalue weighted by molar-refractivity contribution is 0.646. The first-order valence-corrected chi connectivity index (χ1v) is 14.2. The molecule has 1 aliphatic rings. The van der Waals surface area contributed by atoms with E-state index in [0.717, 1.165) is 6.42 Å². The average Bonchev–Trinajstić information content (AvgIpc) is 2.74. The van der Waals surface area contributed by atoms with Gasteiger partial charge in [0.15, 0.2) is 0 Å². The second-order valence-electron chi connectivity index (χ2n) is 9.04. The summed E-state index contributed by atoms with van der Waals surface area (Å²) < 4.78 is 0. The van der Waals surface area contributed by atoms with Gasteiger partial charge in [0.2, 0.25) is 0 Å². The van der Waals surface area contributed by atoms with E-state index in [4.69, 9.17) is 0 Å². The summed E-state index contributed by atoms with van der Waals surface area (Å²) in [6.07, 6.45) is 16.1. The summed E-state index contributed by atoms with van der Waals surface area (Å²) in [5, 5.41) is 3.68. The van der Waals surface area contributed by atoms with Crippen molar-refractivity contribution in [1.82, 2.24) is 0 Å². The van der Waals surface area contributed by atoms with Gasteiger partial charge in [-0.2, -0.15) is 0 Å². The van der Waals surface area contributed by atoms with Crippen molar-refractivity contribution >= 4 is 43.3 Å². The lowest BCUT2D eigenvalue weighted by Gasteiger charge is -2.43. The minimum Gasteiger partial charge on any atom is -0.0900 e. The monoisotopic (exact) mass is 444 g/mol. The minimum atomic E-state index is -0.265. The number of hydrogen-bond acceptors (Lipinski definition) is 0. The highest BCUT2D eigenvalue weighted by atomic mass is 31.1. The molecule has 6 radical (unpaired) electrons. The predicted octanol–water partition coefficient (Wildman–Crippen LogP) is 6.69. The Morgan fingerprint density at radius 3 is 1.71 bits per heavy atom. The number of unbranched alkanes of at least 4 members (excludes halogenated alkanes) is 1. The van der Waals surface area contributed by atoms with Crippen molar-refractivity contribution in [2.45, 2.75) is 56.8 Å². The van der Waals surface area contributed by atoms with Crippen LogP contribution in [0.4, 0.5) is 0 Å².